The van der Waals surface area contributed by atoms with Gasteiger partial charge in [0.25, 0.3) is 0 Å². The van der Waals surface area contributed by atoms with Gasteiger partial charge in [0.1, 0.15) is 5.75 Å². The highest BCUT2D eigenvalue weighted by Crippen LogP contribution is 2.16. The summed E-state index contributed by atoms with van der Waals surface area (Å²) in [6, 6.07) is 8.14. The molecule has 2 rings (SSSR count). The quantitative estimate of drug-likeness (QED) is 0.586. The number of nitrogens with one attached hydrogen (secondary N) is 2. The van der Waals surface area contributed by atoms with Gasteiger partial charge in [-0.1, -0.05) is 12.1 Å². The van der Waals surface area contributed by atoms with Gasteiger partial charge in [-0.2, -0.15) is 0 Å². The summed E-state index contributed by atoms with van der Waals surface area (Å²) < 4.78 is 5.66. The monoisotopic (exact) mass is 360 g/mol. The number of benzene rings is 1. The lowest BCUT2D eigenvalue weighted by molar-refractivity contribution is 0.242. The number of aliphatic imine (C=N–C) groups is 1. The fraction of sp³-hybridized carbons (Fsp3) is 0.474. The third-order valence-electron chi connectivity index (χ3n) is 3.68. The lowest BCUT2D eigenvalue weighted by Crippen LogP contribution is -2.37. The molecule has 0 amide bonds. The third-order valence-corrected chi connectivity index (χ3v) is 4.82. The second kappa shape index (κ2) is 9.42. The van der Waals surface area contributed by atoms with E-state index >= 15 is 0 Å². The van der Waals surface area contributed by atoms with Crippen LogP contribution < -0.4 is 15.4 Å². The Morgan fingerprint density at radius 3 is 2.48 bits per heavy atom. The lowest BCUT2D eigenvalue weighted by Gasteiger charge is -2.13. The first kappa shape index (κ1) is 19.2. The standard InChI is InChI=1S/C19H28N4OS/c1-13(2)24-17-8-6-16(7-9-17)12-22-19(20-5)21-11-10-18-23-14(3)15(4)25-18/h6-9,13H,10-12H2,1-5H3,(H2,20,21,22). The minimum Gasteiger partial charge on any atom is -0.491 e. The predicted molar refractivity (Wildman–Crippen MR) is 106 cm³/mol. The number of nitrogens with zero attached hydrogens (tertiary/aromatic N) is 2. The highest BCUT2D eigenvalue weighted by Gasteiger charge is 2.04. The second-order valence-corrected chi connectivity index (χ2v) is 7.45. The van der Waals surface area contributed by atoms with E-state index in [1.165, 1.54) is 15.4 Å². The number of thiazole rings is 1. The van der Waals surface area contributed by atoms with Gasteiger partial charge in [-0.25, -0.2) is 4.98 Å². The fourth-order valence-corrected chi connectivity index (χ4v) is 3.23. The van der Waals surface area contributed by atoms with Crippen LogP contribution in [0.5, 0.6) is 5.75 Å². The van der Waals surface area contributed by atoms with Crippen molar-refractivity contribution in [2.75, 3.05) is 13.6 Å². The van der Waals surface area contributed by atoms with Gasteiger partial charge in [0.05, 0.1) is 16.8 Å². The van der Waals surface area contributed by atoms with Crippen molar-refractivity contribution in [2.45, 2.75) is 46.8 Å². The molecule has 0 bridgehead atoms. The Balaban J connectivity index is 1.76. The Labute approximate surface area is 154 Å². The van der Waals surface area contributed by atoms with E-state index in [4.69, 9.17) is 4.74 Å². The molecule has 136 valence electrons. The molecule has 0 aliphatic carbocycles. The molecule has 25 heavy (non-hydrogen) atoms. The van der Waals surface area contributed by atoms with Crippen molar-refractivity contribution in [2.24, 2.45) is 4.99 Å². The van der Waals surface area contributed by atoms with Crippen LogP contribution in [0.2, 0.25) is 0 Å². The van der Waals surface area contributed by atoms with Gasteiger partial charge in [0, 0.05) is 31.4 Å². The zero-order valence-corrected chi connectivity index (χ0v) is 16.5. The zero-order chi connectivity index (χ0) is 18.2. The molecule has 2 N–H and O–H groups in total. The first-order valence-electron chi connectivity index (χ1n) is 8.61. The molecular weight excluding hydrogens is 332 g/mol. The molecular formula is C19H28N4OS. The average molecular weight is 361 g/mol. The highest BCUT2D eigenvalue weighted by atomic mass is 32.1. The van der Waals surface area contributed by atoms with Gasteiger partial charge in [-0.15, -0.1) is 11.3 Å². The molecule has 1 aromatic carbocycles. The number of hydrogen-bond donors (Lipinski definition) is 2. The summed E-state index contributed by atoms with van der Waals surface area (Å²) in [5.41, 5.74) is 2.32. The van der Waals surface area contributed by atoms with Crippen molar-refractivity contribution in [3.63, 3.8) is 0 Å². The number of rotatable bonds is 7. The summed E-state index contributed by atoms with van der Waals surface area (Å²) in [5.74, 6) is 1.70. The van der Waals surface area contributed by atoms with Crippen molar-refractivity contribution in [3.8, 4) is 5.75 Å². The Hall–Kier alpha value is -2.08. The van der Waals surface area contributed by atoms with Gasteiger partial charge in [0.2, 0.25) is 0 Å². The van der Waals surface area contributed by atoms with E-state index in [-0.39, 0.29) is 6.10 Å². The molecule has 0 radical (unpaired) electrons. The summed E-state index contributed by atoms with van der Waals surface area (Å²) in [6.07, 6.45) is 1.10. The lowest BCUT2D eigenvalue weighted by atomic mass is 10.2. The van der Waals surface area contributed by atoms with Crippen LogP contribution in [0.4, 0.5) is 0 Å². The summed E-state index contributed by atoms with van der Waals surface area (Å²) in [6.45, 7) is 9.76. The summed E-state index contributed by atoms with van der Waals surface area (Å²) in [5, 5.41) is 7.83. The third kappa shape index (κ3) is 6.38. The number of ether oxygens (including phenoxy) is 1. The van der Waals surface area contributed by atoms with E-state index in [0.29, 0.717) is 0 Å². The molecule has 1 heterocycles. The molecule has 1 aromatic heterocycles. The summed E-state index contributed by atoms with van der Waals surface area (Å²) >= 11 is 1.77. The van der Waals surface area contributed by atoms with Crippen molar-refractivity contribution in [3.05, 3.63) is 45.4 Å². The molecule has 0 atom stereocenters. The van der Waals surface area contributed by atoms with Crippen LogP contribution in [0.3, 0.4) is 0 Å². The Kier molecular flexibility index (Phi) is 7.25. The van der Waals surface area contributed by atoms with E-state index in [2.05, 4.69) is 46.6 Å². The van der Waals surface area contributed by atoms with Gasteiger partial charge in [-0.05, 0) is 45.4 Å². The Morgan fingerprint density at radius 1 is 1.20 bits per heavy atom. The number of guanidine groups is 1. The van der Waals surface area contributed by atoms with Crippen LogP contribution in [0.1, 0.15) is 35.0 Å². The van der Waals surface area contributed by atoms with Crippen LogP contribution in [-0.2, 0) is 13.0 Å². The van der Waals surface area contributed by atoms with Gasteiger partial charge < -0.3 is 15.4 Å². The van der Waals surface area contributed by atoms with Crippen LogP contribution in [-0.4, -0.2) is 30.6 Å². The summed E-state index contributed by atoms with van der Waals surface area (Å²) in [4.78, 5) is 10.1. The largest absolute Gasteiger partial charge is 0.491 e. The maximum Gasteiger partial charge on any atom is 0.191 e. The van der Waals surface area contributed by atoms with Crippen LogP contribution >= 0.6 is 11.3 Å². The van der Waals surface area contributed by atoms with Gasteiger partial charge in [0.15, 0.2) is 5.96 Å². The SMILES string of the molecule is CN=C(NCCc1nc(C)c(C)s1)NCc1ccc(OC(C)C)cc1. The molecule has 0 fully saturated rings. The van der Waals surface area contributed by atoms with Crippen LogP contribution in [0.25, 0.3) is 0 Å². The molecule has 5 nitrogen and oxygen atoms in total. The van der Waals surface area contributed by atoms with E-state index in [1.807, 2.05) is 26.0 Å². The second-order valence-electron chi connectivity index (χ2n) is 6.16. The van der Waals surface area contributed by atoms with Gasteiger partial charge >= 0.3 is 0 Å². The minimum atomic E-state index is 0.192. The molecule has 0 saturated carbocycles. The van der Waals surface area contributed by atoms with Crippen molar-refractivity contribution >= 4 is 17.3 Å². The predicted octanol–water partition coefficient (Wildman–Crippen LogP) is 3.45. The highest BCUT2D eigenvalue weighted by molar-refractivity contribution is 7.11. The van der Waals surface area contributed by atoms with E-state index < -0.39 is 0 Å². The van der Waals surface area contributed by atoms with Crippen molar-refractivity contribution < 1.29 is 4.74 Å². The Morgan fingerprint density at radius 2 is 1.92 bits per heavy atom. The van der Waals surface area contributed by atoms with E-state index in [9.17, 15) is 0 Å². The van der Waals surface area contributed by atoms with Crippen molar-refractivity contribution in [1.29, 1.82) is 0 Å². The normalized spacial score (nSPS) is 11.7. The molecule has 0 aliphatic rings. The molecule has 0 saturated heterocycles. The molecule has 2 aromatic rings. The van der Waals surface area contributed by atoms with Crippen molar-refractivity contribution in [1.82, 2.24) is 15.6 Å². The smallest absolute Gasteiger partial charge is 0.191 e. The molecule has 0 unspecified atom stereocenters. The molecule has 6 heteroatoms. The maximum absolute atomic E-state index is 5.66. The molecule has 0 spiro atoms. The first-order valence-corrected chi connectivity index (χ1v) is 9.42. The van der Waals surface area contributed by atoms with Crippen LogP contribution in [0, 0.1) is 13.8 Å². The fourth-order valence-electron chi connectivity index (χ4n) is 2.30. The van der Waals surface area contributed by atoms with E-state index in [1.54, 1.807) is 18.4 Å². The first-order chi connectivity index (χ1) is 12.0. The maximum atomic E-state index is 5.66. The number of hydrogen-bond acceptors (Lipinski definition) is 4. The number of aromatic nitrogens is 1. The average Bonchev–Trinajstić information content (AvgIpc) is 2.89. The topological polar surface area (TPSA) is 58.5 Å². The number of aryl methyl sites for hydroxylation is 2. The van der Waals surface area contributed by atoms with E-state index in [0.717, 1.165) is 36.9 Å². The summed E-state index contributed by atoms with van der Waals surface area (Å²) in [7, 11) is 1.78. The molecule has 0 aliphatic heterocycles. The van der Waals surface area contributed by atoms with Gasteiger partial charge in [-0.3, -0.25) is 4.99 Å². The Bertz CT molecular complexity index is 672. The zero-order valence-electron chi connectivity index (χ0n) is 15.7. The minimum absolute atomic E-state index is 0.192. The van der Waals surface area contributed by atoms with Crippen LogP contribution in [0.15, 0.2) is 29.3 Å².